The van der Waals surface area contributed by atoms with Crippen molar-refractivity contribution in [3.05, 3.63) is 30.4 Å². The summed E-state index contributed by atoms with van der Waals surface area (Å²) in [5.41, 5.74) is 1.93. The summed E-state index contributed by atoms with van der Waals surface area (Å²) < 4.78 is 7.78. The molecule has 0 bridgehead atoms. The van der Waals surface area contributed by atoms with Crippen LogP contribution in [0.5, 0.6) is 5.75 Å². The van der Waals surface area contributed by atoms with Gasteiger partial charge in [-0.2, -0.15) is 0 Å². The minimum Gasteiger partial charge on any atom is -0.490 e. The number of aryl methyl sites for hydroxylation is 1. The van der Waals surface area contributed by atoms with Crippen molar-refractivity contribution in [1.29, 1.82) is 0 Å². The lowest BCUT2D eigenvalue weighted by molar-refractivity contribution is 0.0241. The third-order valence-corrected chi connectivity index (χ3v) is 5.09. The molecule has 6 heteroatoms. The second-order valence-electron chi connectivity index (χ2n) is 7.43. The number of pyridine rings is 1. The van der Waals surface area contributed by atoms with Crippen LogP contribution in [0.15, 0.2) is 24.7 Å². The first-order valence-corrected chi connectivity index (χ1v) is 9.92. The van der Waals surface area contributed by atoms with E-state index < -0.39 is 0 Å². The van der Waals surface area contributed by atoms with Gasteiger partial charge in [-0.3, -0.25) is 9.88 Å². The largest absolute Gasteiger partial charge is 0.490 e. The fraction of sp³-hybridized carbons (Fsp3) is 0.650. The van der Waals surface area contributed by atoms with E-state index in [0.29, 0.717) is 18.7 Å². The van der Waals surface area contributed by atoms with E-state index >= 15 is 0 Å². The Morgan fingerprint density at radius 3 is 2.85 bits per heavy atom. The van der Waals surface area contributed by atoms with Crippen molar-refractivity contribution in [2.45, 2.75) is 71.4 Å². The van der Waals surface area contributed by atoms with E-state index in [9.17, 15) is 0 Å². The molecule has 2 aromatic heterocycles. The summed E-state index contributed by atoms with van der Waals surface area (Å²) in [5, 5.41) is 8.53. The number of rotatable bonds is 10. The van der Waals surface area contributed by atoms with Gasteiger partial charge in [0.1, 0.15) is 12.4 Å². The molecule has 0 aliphatic carbocycles. The van der Waals surface area contributed by atoms with Crippen LogP contribution in [0.2, 0.25) is 0 Å². The first-order valence-electron chi connectivity index (χ1n) is 9.92. The number of unbranched alkanes of at least 4 members (excludes halogenated alkanes) is 3. The average molecular weight is 358 g/mol. The minimum atomic E-state index is 0.514. The second-order valence-corrected chi connectivity index (χ2v) is 7.43. The summed E-state index contributed by atoms with van der Waals surface area (Å²) in [4.78, 5) is 6.78. The standard InChI is InChI=1S/C20H31N5O/c1-4-5-6-7-8-17-14-25(23-22-17)19-11-20(13-21-12-19)26-15-18-9-10-24(18)16(2)3/h11-14,16,18H,4-10,15H2,1-3H3. The third-order valence-electron chi connectivity index (χ3n) is 5.09. The van der Waals surface area contributed by atoms with E-state index in [2.05, 4.69) is 41.0 Å². The molecule has 0 N–H and O–H groups in total. The van der Waals surface area contributed by atoms with E-state index in [4.69, 9.17) is 4.74 Å². The normalized spacial score (nSPS) is 17.5. The summed E-state index contributed by atoms with van der Waals surface area (Å²) in [7, 11) is 0. The predicted molar refractivity (Wildman–Crippen MR) is 103 cm³/mol. The van der Waals surface area contributed by atoms with Crippen LogP contribution in [-0.2, 0) is 6.42 Å². The van der Waals surface area contributed by atoms with E-state index in [-0.39, 0.29) is 0 Å². The molecule has 2 aromatic rings. The van der Waals surface area contributed by atoms with Crippen LogP contribution < -0.4 is 4.74 Å². The van der Waals surface area contributed by atoms with Crippen LogP contribution in [0.25, 0.3) is 5.69 Å². The molecule has 1 saturated heterocycles. The van der Waals surface area contributed by atoms with Gasteiger partial charge in [0.15, 0.2) is 0 Å². The fourth-order valence-electron chi connectivity index (χ4n) is 3.40. The van der Waals surface area contributed by atoms with Gasteiger partial charge >= 0.3 is 0 Å². The maximum Gasteiger partial charge on any atom is 0.139 e. The number of likely N-dealkylation sites (tertiary alicyclic amines) is 1. The van der Waals surface area contributed by atoms with Crippen molar-refractivity contribution < 1.29 is 4.74 Å². The van der Waals surface area contributed by atoms with Crippen molar-refractivity contribution in [3.63, 3.8) is 0 Å². The molecule has 0 spiro atoms. The minimum absolute atomic E-state index is 0.514. The van der Waals surface area contributed by atoms with Crippen LogP contribution in [0.3, 0.4) is 0 Å². The molecule has 1 unspecified atom stereocenters. The molecule has 1 atom stereocenters. The molecule has 3 heterocycles. The van der Waals surface area contributed by atoms with Crippen LogP contribution in [0, 0.1) is 0 Å². The average Bonchev–Trinajstić information content (AvgIpc) is 3.07. The lowest BCUT2D eigenvalue weighted by Crippen LogP contribution is -2.54. The fourth-order valence-corrected chi connectivity index (χ4v) is 3.40. The van der Waals surface area contributed by atoms with E-state index in [1.807, 2.05) is 12.3 Å². The Kier molecular flexibility index (Phi) is 6.61. The number of hydrogen-bond donors (Lipinski definition) is 0. The summed E-state index contributed by atoms with van der Waals surface area (Å²) >= 11 is 0. The lowest BCUT2D eigenvalue weighted by atomic mass is 10.0. The van der Waals surface area contributed by atoms with E-state index in [1.54, 1.807) is 17.1 Å². The van der Waals surface area contributed by atoms with Gasteiger partial charge in [-0.25, -0.2) is 4.68 Å². The Bertz CT molecular complexity index is 684. The first-order chi connectivity index (χ1) is 12.7. The first kappa shape index (κ1) is 18.8. The number of ether oxygens (including phenoxy) is 1. The van der Waals surface area contributed by atoms with Gasteiger partial charge in [0.05, 0.1) is 30.0 Å². The molecule has 1 fully saturated rings. The molecule has 6 nitrogen and oxygen atoms in total. The van der Waals surface area contributed by atoms with Crippen molar-refractivity contribution in [2.24, 2.45) is 0 Å². The number of nitrogens with zero attached hydrogens (tertiary/aromatic N) is 5. The van der Waals surface area contributed by atoms with Crippen molar-refractivity contribution >= 4 is 0 Å². The Morgan fingerprint density at radius 2 is 2.12 bits per heavy atom. The van der Waals surface area contributed by atoms with Gasteiger partial charge in [0.25, 0.3) is 0 Å². The smallest absolute Gasteiger partial charge is 0.139 e. The zero-order valence-corrected chi connectivity index (χ0v) is 16.3. The molecular weight excluding hydrogens is 326 g/mol. The highest BCUT2D eigenvalue weighted by atomic mass is 16.5. The van der Waals surface area contributed by atoms with Gasteiger partial charge in [0, 0.05) is 24.7 Å². The van der Waals surface area contributed by atoms with E-state index in [1.165, 1.54) is 38.6 Å². The highest BCUT2D eigenvalue weighted by Crippen LogP contribution is 2.22. The molecule has 1 aliphatic rings. The zero-order chi connectivity index (χ0) is 18.4. The molecule has 1 aliphatic heterocycles. The van der Waals surface area contributed by atoms with Crippen LogP contribution in [-0.4, -0.2) is 50.1 Å². The van der Waals surface area contributed by atoms with Crippen LogP contribution >= 0.6 is 0 Å². The topological polar surface area (TPSA) is 56.1 Å². The van der Waals surface area contributed by atoms with Crippen LogP contribution in [0.1, 0.15) is 58.6 Å². The molecule has 0 radical (unpaired) electrons. The van der Waals surface area contributed by atoms with Crippen molar-refractivity contribution in [2.75, 3.05) is 13.2 Å². The van der Waals surface area contributed by atoms with Gasteiger partial charge in [-0.05, 0) is 33.1 Å². The quantitative estimate of drug-likeness (QED) is 0.608. The van der Waals surface area contributed by atoms with Gasteiger partial charge in [-0.1, -0.05) is 31.4 Å². The third kappa shape index (κ3) is 4.81. The molecule has 142 valence electrons. The molecule has 0 amide bonds. The maximum atomic E-state index is 5.99. The molecule has 26 heavy (non-hydrogen) atoms. The second kappa shape index (κ2) is 9.12. The SMILES string of the molecule is CCCCCCc1cn(-c2cncc(OCC3CCN3C(C)C)c2)nn1. The molecule has 0 aromatic carbocycles. The highest BCUT2D eigenvalue weighted by Gasteiger charge is 2.30. The van der Waals surface area contributed by atoms with Crippen molar-refractivity contribution in [3.8, 4) is 11.4 Å². The lowest BCUT2D eigenvalue weighted by Gasteiger charge is -2.43. The monoisotopic (exact) mass is 357 g/mol. The maximum absolute atomic E-state index is 5.99. The summed E-state index contributed by atoms with van der Waals surface area (Å²) in [6.07, 6.45) is 12.7. The number of aromatic nitrogens is 4. The van der Waals surface area contributed by atoms with Gasteiger partial charge in [0.2, 0.25) is 0 Å². The van der Waals surface area contributed by atoms with Crippen molar-refractivity contribution in [1.82, 2.24) is 24.9 Å². The molecular formula is C20H31N5O. The number of hydrogen-bond acceptors (Lipinski definition) is 5. The molecule has 3 rings (SSSR count). The summed E-state index contributed by atoms with van der Waals surface area (Å²) in [6.45, 7) is 8.58. The Labute approximate surface area is 156 Å². The molecule has 0 saturated carbocycles. The Hall–Kier alpha value is -1.95. The Balaban J connectivity index is 1.55. The van der Waals surface area contributed by atoms with Gasteiger partial charge in [-0.15, -0.1) is 5.10 Å². The zero-order valence-electron chi connectivity index (χ0n) is 16.3. The van der Waals surface area contributed by atoms with Crippen LogP contribution in [0.4, 0.5) is 0 Å². The van der Waals surface area contributed by atoms with E-state index in [0.717, 1.165) is 23.6 Å². The summed E-state index contributed by atoms with van der Waals surface area (Å²) in [5.74, 6) is 0.790. The summed E-state index contributed by atoms with van der Waals surface area (Å²) in [6, 6.07) is 3.08. The van der Waals surface area contributed by atoms with Gasteiger partial charge < -0.3 is 4.74 Å². The highest BCUT2D eigenvalue weighted by molar-refractivity contribution is 5.34. The Morgan fingerprint density at radius 1 is 1.23 bits per heavy atom. The predicted octanol–water partition coefficient (Wildman–Crippen LogP) is 3.65.